The fourth-order valence-electron chi connectivity index (χ4n) is 1.06. The highest BCUT2D eigenvalue weighted by molar-refractivity contribution is 9.10. The smallest absolute Gasteiger partial charge is 0.178 e. The van der Waals surface area contributed by atoms with Crippen molar-refractivity contribution in [2.45, 2.75) is 24.6 Å². The fourth-order valence-corrected chi connectivity index (χ4v) is 1.58. The van der Waals surface area contributed by atoms with Gasteiger partial charge in [0.15, 0.2) is 5.78 Å². The molecule has 0 heterocycles. The number of halogens is 1. The third-order valence-corrected chi connectivity index (χ3v) is 2.75. The van der Waals surface area contributed by atoms with Crippen LogP contribution in [0, 0.1) is 0 Å². The molecule has 3 heteroatoms. The molecule has 0 aliphatic carbocycles. The Kier molecular flexibility index (Phi) is 7.77. The molecule has 0 N–H and O–H groups in total. The van der Waals surface area contributed by atoms with Crippen LogP contribution in [0.5, 0.6) is 0 Å². The molecular weight excluding hydrogens is 284 g/mol. The summed E-state index contributed by atoms with van der Waals surface area (Å²) in [6.07, 6.45) is 10.4. The van der Waals surface area contributed by atoms with Crippen molar-refractivity contribution in [3.8, 4) is 0 Å². The third-order valence-electron chi connectivity index (χ3n) is 1.87. The Labute approximate surface area is 111 Å². The van der Waals surface area contributed by atoms with Crippen molar-refractivity contribution in [2.24, 2.45) is 0 Å². The maximum Gasteiger partial charge on any atom is 0.178 e. The average molecular weight is 303 g/mol. The van der Waals surface area contributed by atoms with Crippen LogP contribution in [-0.4, -0.2) is 22.1 Å². The number of Topliss-reactive ketones (excluding diaryl/α,β-unsaturated/α-hetero) is 1. The molecule has 0 aromatic rings. The summed E-state index contributed by atoms with van der Waals surface area (Å²) in [7, 11) is 0. The molecule has 0 amide bonds. The first kappa shape index (κ1) is 15.7. The Morgan fingerprint density at radius 2 is 2.12 bits per heavy atom. The van der Waals surface area contributed by atoms with Crippen LogP contribution in [0.1, 0.15) is 20.3 Å². The van der Waals surface area contributed by atoms with Crippen LogP contribution in [0.15, 0.2) is 36.5 Å². The van der Waals surface area contributed by atoms with Crippen molar-refractivity contribution >= 4 is 33.5 Å². The van der Waals surface area contributed by atoms with E-state index >= 15 is 0 Å². The SMILES string of the molecule is C=CC/C=C(\C=C/CSC)C(=O)C(C)(C)Br. The van der Waals surface area contributed by atoms with Gasteiger partial charge in [0, 0.05) is 11.3 Å². The van der Waals surface area contributed by atoms with E-state index in [1.165, 1.54) is 0 Å². The second-order valence-electron chi connectivity index (χ2n) is 3.84. The van der Waals surface area contributed by atoms with E-state index in [0.29, 0.717) is 6.42 Å². The monoisotopic (exact) mass is 302 g/mol. The summed E-state index contributed by atoms with van der Waals surface area (Å²) in [6, 6.07) is 0. The fraction of sp³-hybridized carbons (Fsp3) is 0.462. The summed E-state index contributed by atoms with van der Waals surface area (Å²) in [6.45, 7) is 7.38. The molecule has 0 aliphatic rings. The molecule has 0 saturated carbocycles. The molecular formula is C13H19BrOS. The van der Waals surface area contributed by atoms with Gasteiger partial charge in [0.25, 0.3) is 0 Å². The van der Waals surface area contributed by atoms with Gasteiger partial charge in [-0.25, -0.2) is 0 Å². The predicted octanol–water partition coefficient (Wildman–Crippen LogP) is 4.15. The van der Waals surface area contributed by atoms with Gasteiger partial charge in [-0.2, -0.15) is 11.8 Å². The van der Waals surface area contributed by atoms with Crippen molar-refractivity contribution in [3.63, 3.8) is 0 Å². The van der Waals surface area contributed by atoms with E-state index in [0.717, 1.165) is 11.3 Å². The van der Waals surface area contributed by atoms with Gasteiger partial charge in [0.2, 0.25) is 0 Å². The molecule has 0 spiro atoms. The summed E-state index contributed by atoms with van der Waals surface area (Å²) in [4.78, 5) is 12.1. The summed E-state index contributed by atoms with van der Waals surface area (Å²) >= 11 is 5.12. The van der Waals surface area contributed by atoms with E-state index in [-0.39, 0.29) is 5.78 Å². The number of hydrogen-bond acceptors (Lipinski definition) is 2. The lowest BCUT2D eigenvalue weighted by atomic mass is 9.99. The highest BCUT2D eigenvalue weighted by Crippen LogP contribution is 2.22. The molecule has 1 nitrogen and oxygen atoms in total. The van der Waals surface area contributed by atoms with Gasteiger partial charge >= 0.3 is 0 Å². The lowest BCUT2D eigenvalue weighted by molar-refractivity contribution is -0.116. The van der Waals surface area contributed by atoms with Gasteiger partial charge in [0.1, 0.15) is 0 Å². The highest BCUT2D eigenvalue weighted by atomic mass is 79.9. The van der Waals surface area contributed by atoms with E-state index in [4.69, 9.17) is 0 Å². The van der Waals surface area contributed by atoms with E-state index in [2.05, 4.69) is 22.5 Å². The number of allylic oxidation sites excluding steroid dienone is 4. The topological polar surface area (TPSA) is 17.1 Å². The Morgan fingerprint density at radius 1 is 1.50 bits per heavy atom. The zero-order chi connectivity index (χ0) is 12.6. The summed E-state index contributed by atoms with van der Waals surface area (Å²) < 4.78 is -0.510. The highest BCUT2D eigenvalue weighted by Gasteiger charge is 2.25. The molecule has 0 aliphatic heterocycles. The lowest BCUT2D eigenvalue weighted by Crippen LogP contribution is -2.25. The second kappa shape index (κ2) is 7.91. The number of carbonyl (C=O) groups excluding carboxylic acids is 1. The number of carbonyl (C=O) groups is 1. The quantitative estimate of drug-likeness (QED) is 0.304. The Hall–Kier alpha value is -0.280. The van der Waals surface area contributed by atoms with Crippen LogP contribution in [0.4, 0.5) is 0 Å². The van der Waals surface area contributed by atoms with E-state index in [1.807, 2.05) is 38.3 Å². The van der Waals surface area contributed by atoms with E-state index in [9.17, 15) is 4.79 Å². The normalized spacial score (nSPS) is 13.1. The number of rotatable bonds is 7. The standard InChI is InChI=1S/C13H19BrOS/c1-5-6-8-11(9-7-10-16-4)12(15)13(2,3)14/h5,7-9H,1,6,10H2,2-4H3/b9-7-,11-8+. The third kappa shape index (κ3) is 6.33. The number of hydrogen-bond donors (Lipinski definition) is 0. The van der Waals surface area contributed by atoms with E-state index in [1.54, 1.807) is 17.8 Å². The summed E-state index contributed by atoms with van der Waals surface area (Å²) in [5, 5.41) is 0. The van der Waals surface area contributed by atoms with Gasteiger partial charge in [-0.1, -0.05) is 40.2 Å². The molecule has 0 fully saturated rings. The summed E-state index contributed by atoms with van der Waals surface area (Å²) in [5.41, 5.74) is 0.746. The Bertz CT molecular complexity index is 298. The van der Waals surface area contributed by atoms with Gasteiger partial charge in [-0.15, -0.1) is 6.58 Å². The zero-order valence-electron chi connectivity index (χ0n) is 10.1. The Morgan fingerprint density at radius 3 is 2.56 bits per heavy atom. The number of ketones is 1. The van der Waals surface area contributed by atoms with Gasteiger partial charge < -0.3 is 0 Å². The lowest BCUT2D eigenvalue weighted by Gasteiger charge is -2.15. The van der Waals surface area contributed by atoms with Gasteiger partial charge in [-0.3, -0.25) is 4.79 Å². The maximum atomic E-state index is 12.1. The largest absolute Gasteiger partial charge is 0.293 e. The maximum absolute atomic E-state index is 12.1. The minimum Gasteiger partial charge on any atom is -0.293 e. The second-order valence-corrected chi connectivity index (χ2v) is 6.74. The molecule has 0 unspecified atom stereocenters. The first-order valence-electron chi connectivity index (χ1n) is 5.13. The molecule has 0 bridgehead atoms. The molecule has 0 atom stereocenters. The van der Waals surface area contributed by atoms with Crippen LogP contribution < -0.4 is 0 Å². The molecule has 90 valence electrons. The van der Waals surface area contributed by atoms with Crippen LogP contribution in [0.25, 0.3) is 0 Å². The average Bonchev–Trinajstić information content (AvgIpc) is 2.21. The minimum atomic E-state index is -0.510. The molecule has 0 rings (SSSR count). The summed E-state index contributed by atoms with van der Waals surface area (Å²) in [5.74, 6) is 1.02. The minimum absolute atomic E-state index is 0.103. The molecule has 0 radical (unpaired) electrons. The Balaban J connectivity index is 4.81. The predicted molar refractivity (Wildman–Crippen MR) is 78.4 cm³/mol. The van der Waals surface area contributed by atoms with E-state index < -0.39 is 4.32 Å². The molecule has 16 heavy (non-hydrogen) atoms. The first-order chi connectivity index (χ1) is 7.43. The van der Waals surface area contributed by atoms with Crippen LogP contribution in [-0.2, 0) is 4.79 Å². The number of alkyl halides is 1. The van der Waals surface area contributed by atoms with Crippen molar-refractivity contribution < 1.29 is 4.79 Å². The van der Waals surface area contributed by atoms with Crippen LogP contribution in [0.2, 0.25) is 0 Å². The molecule has 0 saturated heterocycles. The zero-order valence-corrected chi connectivity index (χ0v) is 12.5. The van der Waals surface area contributed by atoms with Crippen LogP contribution >= 0.6 is 27.7 Å². The van der Waals surface area contributed by atoms with Crippen molar-refractivity contribution in [2.75, 3.05) is 12.0 Å². The van der Waals surface area contributed by atoms with Crippen molar-refractivity contribution in [1.82, 2.24) is 0 Å². The van der Waals surface area contributed by atoms with Gasteiger partial charge in [-0.05, 0) is 26.5 Å². The number of thioether (sulfide) groups is 1. The molecule has 0 aromatic carbocycles. The molecule has 0 aromatic heterocycles. The van der Waals surface area contributed by atoms with Crippen molar-refractivity contribution in [3.05, 3.63) is 36.5 Å². The first-order valence-corrected chi connectivity index (χ1v) is 7.32. The van der Waals surface area contributed by atoms with Crippen molar-refractivity contribution in [1.29, 1.82) is 0 Å². The van der Waals surface area contributed by atoms with Gasteiger partial charge in [0.05, 0.1) is 4.32 Å². The van der Waals surface area contributed by atoms with Crippen LogP contribution in [0.3, 0.4) is 0 Å².